The third kappa shape index (κ3) is 4.67. The summed E-state index contributed by atoms with van der Waals surface area (Å²) >= 11 is 0. The standard InChI is InChI=1S/C19H31NO2Si/c1-19(2,3)23(4,5)22-17(15-16-11-7-6-8-12-16)18(21)20-13-9-10-14-20/h6-8,11-12,17H,9-10,13-15H2,1-5H3/t17-/m0/s1. The van der Waals surface area contributed by atoms with Gasteiger partial charge in [0.15, 0.2) is 8.32 Å². The molecule has 0 saturated carbocycles. The molecule has 0 aliphatic carbocycles. The predicted molar refractivity (Wildman–Crippen MR) is 98.0 cm³/mol. The highest BCUT2D eigenvalue weighted by atomic mass is 28.4. The van der Waals surface area contributed by atoms with E-state index in [2.05, 4.69) is 46.0 Å². The second-order valence-corrected chi connectivity index (χ2v) is 12.8. The van der Waals surface area contributed by atoms with Crippen LogP contribution in [-0.2, 0) is 15.6 Å². The molecule has 4 heteroatoms. The minimum atomic E-state index is -1.98. The molecule has 0 unspecified atom stereocenters. The molecule has 0 N–H and O–H groups in total. The van der Waals surface area contributed by atoms with Crippen molar-refractivity contribution in [3.05, 3.63) is 35.9 Å². The third-order valence-electron chi connectivity index (χ3n) is 5.20. The monoisotopic (exact) mass is 333 g/mol. The van der Waals surface area contributed by atoms with Crippen molar-refractivity contribution in [2.24, 2.45) is 0 Å². The van der Waals surface area contributed by atoms with Crippen molar-refractivity contribution >= 4 is 14.2 Å². The molecule has 1 aromatic rings. The van der Waals surface area contributed by atoms with Gasteiger partial charge in [0.2, 0.25) is 0 Å². The van der Waals surface area contributed by atoms with E-state index < -0.39 is 8.32 Å². The molecular formula is C19H31NO2Si. The molecule has 0 bridgehead atoms. The number of benzene rings is 1. The lowest BCUT2D eigenvalue weighted by Gasteiger charge is -2.39. The van der Waals surface area contributed by atoms with E-state index in [-0.39, 0.29) is 17.0 Å². The Bertz CT molecular complexity index is 516. The Hall–Kier alpha value is -1.13. The lowest BCUT2D eigenvalue weighted by molar-refractivity contribution is -0.138. The molecule has 1 saturated heterocycles. The van der Waals surface area contributed by atoms with Crippen LogP contribution in [0.1, 0.15) is 39.2 Å². The van der Waals surface area contributed by atoms with Gasteiger partial charge in [-0.05, 0) is 36.5 Å². The van der Waals surface area contributed by atoms with Gasteiger partial charge in [0.1, 0.15) is 6.10 Å². The molecule has 2 rings (SSSR count). The SMILES string of the molecule is CC(C)(C)[Si](C)(C)O[C@@H](Cc1ccccc1)C(=O)N1CCCC1. The fraction of sp³-hybridized carbons (Fsp3) is 0.632. The zero-order valence-electron chi connectivity index (χ0n) is 15.3. The molecule has 1 aliphatic heterocycles. The first-order valence-electron chi connectivity index (χ1n) is 8.71. The van der Waals surface area contributed by atoms with E-state index in [0.717, 1.165) is 25.9 Å². The normalized spacial score (nSPS) is 17.3. The Morgan fingerprint density at radius 2 is 1.74 bits per heavy atom. The summed E-state index contributed by atoms with van der Waals surface area (Å²) in [5.74, 6) is 0.177. The first-order valence-corrected chi connectivity index (χ1v) is 11.6. The smallest absolute Gasteiger partial charge is 0.250 e. The maximum Gasteiger partial charge on any atom is 0.250 e. The van der Waals surface area contributed by atoms with Crippen molar-refractivity contribution in [3.8, 4) is 0 Å². The Morgan fingerprint density at radius 3 is 2.26 bits per heavy atom. The van der Waals surface area contributed by atoms with Crippen molar-refractivity contribution in [1.82, 2.24) is 4.90 Å². The van der Waals surface area contributed by atoms with E-state index in [1.54, 1.807) is 0 Å². The summed E-state index contributed by atoms with van der Waals surface area (Å²) in [4.78, 5) is 15.0. The first kappa shape index (κ1) is 18.2. The fourth-order valence-electron chi connectivity index (χ4n) is 2.68. The molecule has 1 fully saturated rings. The maximum absolute atomic E-state index is 13.0. The maximum atomic E-state index is 13.0. The second kappa shape index (κ2) is 7.18. The van der Waals surface area contributed by atoms with Gasteiger partial charge in [0.05, 0.1) is 0 Å². The summed E-state index contributed by atoms with van der Waals surface area (Å²) in [6.07, 6.45) is 2.55. The molecule has 23 heavy (non-hydrogen) atoms. The number of amides is 1. The van der Waals surface area contributed by atoms with Crippen molar-refractivity contribution < 1.29 is 9.22 Å². The summed E-state index contributed by atoms with van der Waals surface area (Å²) in [7, 11) is -1.98. The van der Waals surface area contributed by atoms with Gasteiger partial charge in [-0.1, -0.05) is 51.1 Å². The average molecular weight is 334 g/mol. The average Bonchev–Trinajstić information content (AvgIpc) is 2.99. The second-order valence-electron chi connectivity index (χ2n) is 8.09. The van der Waals surface area contributed by atoms with Crippen LogP contribution in [-0.4, -0.2) is 38.3 Å². The number of carbonyl (C=O) groups excluding carboxylic acids is 1. The lowest BCUT2D eigenvalue weighted by atomic mass is 10.1. The van der Waals surface area contributed by atoms with Crippen molar-refractivity contribution in [2.45, 2.75) is 64.3 Å². The Labute approximate surface area is 142 Å². The van der Waals surface area contributed by atoms with Gasteiger partial charge < -0.3 is 9.33 Å². The Balaban J connectivity index is 2.18. The molecule has 0 spiro atoms. The molecule has 0 radical (unpaired) electrons. The molecular weight excluding hydrogens is 302 g/mol. The first-order chi connectivity index (χ1) is 10.7. The van der Waals surface area contributed by atoms with Crippen molar-refractivity contribution in [3.63, 3.8) is 0 Å². The molecule has 1 aromatic carbocycles. The summed E-state index contributed by atoms with van der Waals surface area (Å²) in [6, 6.07) is 10.2. The van der Waals surface area contributed by atoms with E-state index >= 15 is 0 Å². The highest BCUT2D eigenvalue weighted by Gasteiger charge is 2.41. The number of carbonyl (C=O) groups is 1. The van der Waals surface area contributed by atoms with Crippen molar-refractivity contribution in [1.29, 1.82) is 0 Å². The van der Waals surface area contributed by atoms with Gasteiger partial charge >= 0.3 is 0 Å². The van der Waals surface area contributed by atoms with Crippen molar-refractivity contribution in [2.75, 3.05) is 13.1 Å². The summed E-state index contributed by atoms with van der Waals surface area (Å²) in [5.41, 5.74) is 1.17. The van der Waals surface area contributed by atoms with Gasteiger partial charge in [-0.15, -0.1) is 0 Å². The van der Waals surface area contributed by atoms with E-state index in [4.69, 9.17) is 4.43 Å². The summed E-state index contributed by atoms with van der Waals surface area (Å²) in [6.45, 7) is 12.9. The number of likely N-dealkylation sites (tertiary alicyclic amines) is 1. The van der Waals surface area contributed by atoms with Crippen LogP contribution in [0.2, 0.25) is 18.1 Å². The van der Waals surface area contributed by atoms with Crippen LogP contribution in [0.15, 0.2) is 30.3 Å². The molecule has 1 heterocycles. The summed E-state index contributed by atoms with van der Waals surface area (Å²) in [5, 5.41) is 0.104. The third-order valence-corrected chi connectivity index (χ3v) is 9.69. The van der Waals surface area contributed by atoms with Crippen LogP contribution in [0.3, 0.4) is 0 Å². The molecule has 1 atom stereocenters. The molecule has 3 nitrogen and oxygen atoms in total. The van der Waals surface area contributed by atoms with E-state index in [0.29, 0.717) is 6.42 Å². The number of rotatable bonds is 5. The van der Waals surface area contributed by atoms with E-state index in [1.807, 2.05) is 23.1 Å². The topological polar surface area (TPSA) is 29.5 Å². The zero-order valence-corrected chi connectivity index (χ0v) is 16.3. The Morgan fingerprint density at radius 1 is 1.17 bits per heavy atom. The van der Waals surface area contributed by atoms with E-state index in [9.17, 15) is 4.79 Å². The fourth-order valence-corrected chi connectivity index (χ4v) is 3.93. The highest BCUT2D eigenvalue weighted by Crippen LogP contribution is 2.38. The minimum absolute atomic E-state index is 0.104. The lowest BCUT2D eigenvalue weighted by Crippen LogP contribution is -2.50. The van der Waals surface area contributed by atoms with Crippen LogP contribution in [0.5, 0.6) is 0 Å². The minimum Gasteiger partial charge on any atom is -0.405 e. The zero-order chi connectivity index (χ0) is 17.1. The Kier molecular flexibility index (Phi) is 5.68. The van der Waals surface area contributed by atoms with E-state index in [1.165, 1.54) is 5.56 Å². The number of hydrogen-bond donors (Lipinski definition) is 0. The van der Waals surface area contributed by atoms with Crippen LogP contribution >= 0.6 is 0 Å². The van der Waals surface area contributed by atoms with Crippen LogP contribution in [0.4, 0.5) is 0 Å². The summed E-state index contributed by atoms with van der Waals surface area (Å²) < 4.78 is 6.53. The largest absolute Gasteiger partial charge is 0.405 e. The molecule has 1 amide bonds. The van der Waals surface area contributed by atoms with Gasteiger partial charge in [-0.3, -0.25) is 4.79 Å². The molecule has 128 valence electrons. The highest BCUT2D eigenvalue weighted by molar-refractivity contribution is 6.74. The van der Waals surface area contributed by atoms with Gasteiger partial charge in [0.25, 0.3) is 5.91 Å². The molecule has 0 aromatic heterocycles. The van der Waals surface area contributed by atoms with Crippen LogP contribution in [0.25, 0.3) is 0 Å². The predicted octanol–water partition coefficient (Wildman–Crippen LogP) is 4.24. The van der Waals surface area contributed by atoms with Gasteiger partial charge in [-0.25, -0.2) is 0 Å². The van der Waals surface area contributed by atoms with Gasteiger partial charge in [0, 0.05) is 19.5 Å². The van der Waals surface area contributed by atoms with Crippen LogP contribution in [0, 0.1) is 0 Å². The molecule has 1 aliphatic rings. The van der Waals surface area contributed by atoms with Gasteiger partial charge in [-0.2, -0.15) is 0 Å². The number of nitrogens with zero attached hydrogens (tertiary/aromatic N) is 1. The number of hydrogen-bond acceptors (Lipinski definition) is 2. The quantitative estimate of drug-likeness (QED) is 0.754. The van der Waals surface area contributed by atoms with Crippen LogP contribution < -0.4 is 0 Å².